The van der Waals surface area contributed by atoms with Gasteiger partial charge in [0, 0.05) is 24.9 Å². The van der Waals surface area contributed by atoms with Gasteiger partial charge in [-0.25, -0.2) is 19.4 Å². The lowest BCUT2D eigenvalue weighted by Crippen LogP contribution is -2.28. The van der Waals surface area contributed by atoms with Crippen LogP contribution in [0.2, 0.25) is 5.02 Å². The summed E-state index contributed by atoms with van der Waals surface area (Å²) in [7, 11) is 2.65. The van der Waals surface area contributed by atoms with Gasteiger partial charge in [0.1, 0.15) is 12.8 Å². The highest BCUT2D eigenvalue weighted by atomic mass is 35.5. The molecule has 3 heterocycles. The molecule has 0 saturated carbocycles. The molecule has 4 aromatic rings. The predicted octanol–water partition coefficient (Wildman–Crippen LogP) is 3.51. The number of carbonyl (C=O) groups excluding carboxylic acids is 1. The van der Waals surface area contributed by atoms with Crippen LogP contribution in [0.25, 0.3) is 28.3 Å². The number of nitrogens with zero attached hydrogens (tertiary/aromatic N) is 5. The van der Waals surface area contributed by atoms with Gasteiger partial charge in [0.2, 0.25) is 5.89 Å². The van der Waals surface area contributed by atoms with E-state index in [-0.39, 0.29) is 38.7 Å². The third kappa shape index (κ3) is 4.52. The SMILES string of the molecule is CNC(=O)/C(=N\OC)c1cc(C)c2nc(-c3cc(C(F)(F)F)nn3-c3ncccc3Cl)oc(=O)c2c1. The Morgan fingerprint density at radius 2 is 2.03 bits per heavy atom. The smallest absolute Gasteiger partial charge is 0.401 e. The molecule has 0 fully saturated rings. The summed E-state index contributed by atoms with van der Waals surface area (Å²) in [6.07, 6.45) is -3.48. The van der Waals surface area contributed by atoms with Crippen molar-refractivity contribution in [3.05, 3.63) is 68.8 Å². The predicted molar refractivity (Wildman–Crippen MR) is 123 cm³/mol. The van der Waals surface area contributed by atoms with Crippen LogP contribution in [-0.2, 0) is 15.8 Å². The fourth-order valence-corrected chi connectivity index (χ4v) is 3.60. The van der Waals surface area contributed by atoms with Crippen LogP contribution < -0.4 is 10.9 Å². The molecule has 10 nitrogen and oxygen atoms in total. The van der Waals surface area contributed by atoms with Gasteiger partial charge in [0.05, 0.1) is 15.9 Å². The number of alkyl halides is 3. The van der Waals surface area contributed by atoms with E-state index in [1.54, 1.807) is 6.92 Å². The number of benzene rings is 1. The maximum atomic E-state index is 13.5. The summed E-state index contributed by atoms with van der Waals surface area (Å²) in [5.74, 6) is -1.13. The zero-order valence-corrected chi connectivity index (χ0v) is 19.6. The number of rotatable bonds is 5. The lowest BCUT2D eigenvalue weighted by molar-refractivity contribution is -0.141. The van der Waals surface area contributed by atoms with Crippen molar-refractivity contribution in [2.24, 2.45) is 5.16 Å². The normalized spacial score (nSPS) is 12.1. The highest BCUT2D eigenvalue weighted by Crippen LogP contribution is 2.34. The van der Waals surface area contributed by atoms with Crippen LogP contribution in [0.15, 0.2) is 50.9 Å². The number of nitrogens with one attached hydrogen (secondary N) is 1. The number of oxime groups is 1. The van der Waals surface area contributed by atoms with Crippen LogP contribution in [0.3, 0.4) is 0 Å². The lowest BCUT2D eigenvalue weighted by Gasteiger charge is -2.10. The van der Waals surface area contributed by atoms with Crippen molar-refractivity contribution in [3.63, 3.8) is 0 Å². The summed E-state index contributed by atoms with van der Waals surface area (Å²) in [4.78, 5) is 38.2. The lowest BCUT2D eigenvalue weighted by atomic mass is 10.0. The summed E-state index contributed by atoms with van der Waals surface area (Å²) in [5, 5.41) is 9.68. The van der Waals surface area contributed by atoms with Crippen molar-refractivity contribution in [2.75, 3.05) is 14.2 Å². The summed E-state index contributed by atoms with van der Waals surface area (Å²) < 4.78 is 46.6. The largest absolute Gasteiger partial charge is 0.435 e. The summed E-state index contributed by atoms with van der Waals surface area (Å²) in [5.41, 5.74) is -1.78. The number of halogens is 4. The van der Waals surface area contributed by atoms with Gasteiger partial charge in [-0.05, 0) is 36.8 Å². The van der Waals surface area contributed by atoms with Gasteiger partial charge in [0.15, 0.2) is 17.2 Å². The average molecular weight is 521 g/mol. The van der Waals surface area contributed by atoms with Gasteiger partial charge in [-0.1, -0.05) is 16.8 Å². The summed E-state index contributed by atoms with van der Waals surface area (Å²) >= 11 is 6.13. The number of aryl methyl sites for hydroxylation is 1. The summed E-state index contributed by atoms with van der Waals surface area (Å²) in [6.45, 7) is 1.60. The molecule has 0 unspecified atom stereocenters. The Balaban J connectivity index is 1.96. The molecule has 0 atom stereocenters. The zero-order valence-electron chi connectivity index (χ0n) is 18.8. The fraction of sp³-hybridized carbons (Fsp3) is 0.182. The van der Waals surface area contributed by atoms with E-state index in [2.05, 4.69) is 25.5 Å². The second-order valence-electron chi connectivity index (χ2n) is 7.33. The molecule has 1 N–H and O–H groups in total. The third-order valence-electron chi connectivity index (χ3n) is 4.98. The van der Waals surface area contributed by atoms with Crippen LogP contribution in [0.4, 0.5) is 13.2 Å². The van der Waals surface area contributed by atoms with Gasteiger partial charge in [-0.15, -0.1) is 0 Å². The molecule has 3 aromatic heterocycles. The van der Waals surface area contributed by atoms with E-state index in [1.807, 2.05) is 0 Å². The number of hydrogen-bond acceptors (Lipinski definition) is 8. The van der Waals surface area contributed by atoms with Crippen LogP contribution in [0.1, 0.15) is 16.8 Å². The first-order valence-corrected chi connectivity index (χ1v) is 10.5. The molecule has 0 aliphatic carbocycles. The number of hydrogen-bond donors (Lipinski definition) is 1. The molecular formula is C22H16ClF3N6O4. The van der Waals surface area contributed by atoms with Crippen LogP contribution in [0.5, 0.6) is 0 Å². The fourth-order valence-electron chi connectivity index (χ4n) is 3.40. The molecule has 36 heavy (non-hydrogen) atoms. The molecule has 0 spiro atoms. The Hall–Kier alpha value is -4.26. The first-order chi connectivity index (χ1) is 17.0. The van der Waals surface area contributed by atoms with E-state index < -0.39 is 29.3 Å². The molecule has 1 aromatic carbocycles. The molecule has 0 bridgehead atoms. The zero-order chi connectivity index (χ0) is 26.2. The van der Waals surface area contributed by atoms with E-state index in [9.17, 15) is 22.8 Å². The Morgan fingerprint density at radius 3 is 2.67 bits per heavy atom. The molecule has 0 aliphatic heterocycles. The van der Waals surface area contributed by atoms with Gasteiger partial charge >= 0.3 is 11.8 Å². The minimum atomic E-state index is -4.81. The monoisotopic (exact) mass is 520 g/mol. The molecule has 0 aliphatic rings. The van der Waals surface area contributed by atoms with Gasteiger partial charge in [-0.2, -0.15) is 18.3 Å². The Labute approximate surface area is 205 Å². The Morgan fingerprint density at radius 1 is 1.28 bits per heavy atom. The van der Waals surface area contributed by atoms with E-state index in [1.165, 1.54) is 44.6 Å². The summed E-state index contributed by atoms with van der Waals surface area (Å²) in [6, 6.07) is 6.45. The van der Waals surface area contributed by atoms with Crippen molar-refractivity contribution in [3.8, 4) is 17.4 Å². The van der Waals surface area contributed by atoms with E-state index in [0.29, 0.717) is 11.6 Å². The van der Waals surface area contributed by atoms with Gasteiger partial charge in [-0.3, -0.25) is 4.79 Å². The Bertz CT molecular complexity index is 1580. The first-order valence-electron chi connectivity index (χ1n) is 10.1. The van der Waals surface area contributed by atoms with Crippen LogP contribution in [0, 0.1) is 6.92 Å². The van der Waals surface area contributed by atoms with Gasteiger partial charge in [0.25, 0.3) is 5.91 Å². The number of aromatic nitrogens is 4. The quantitative estimate of drug-likeness (QED) is 0.315. The van der Waals surface area contributed by atoms with E-state index in [0.717, 1.165) is 4.68 Å². The van der Waals surface area contributed by atoms with Gasteiger partial charge < -0.3 is 14.6 Å². The number of pyridine rings is 1. The molecule has 186 valence electrons. The Kier molecular flexibility index (Phi) is 6.50. The minimum absolute atomic E-state index is 0.0127. The molecule has 0 saturated heterocycles. The molecular weight excluding hydrogens is 505 g/mol. The maximum Gasteiger partial charge on any atom is 0.435 e. The van der Waals surface area contributed by atoms with Crippen molar-refractivity contribution >= 4 is 34.1 Å². The highest BCUT2D eigenvalue weighted by Gasteiger charge is 2.36. The first kappa shape index (κ1) is 24.9. The van der Waals surface area contributed by atoms with Crippen LogP contribution in [-0.4, -0.2) is 45.5 Å². The van der Waals surface area contributed by atoms with Crippen LogP contribution >= 0.6 is 11.6 Å². The molecule has 4 rings (SSSR count). The van der Waals surface area contributed by atoms with Crippen molar-refractivity contribution in [2.45, 2.75) is 13.1 Å². The van der Waals surface area contributed by atoms with Crippen molar-refractivity contribution in [1.82, 2.24) is 25.1 Å². The van der Waals surface area contributed by atoms with E-state index >= 15 is 0 Å². The second kappa shape index (κ2) is 9.41. The topological polar surface area (TPSA) is 124 Å². The molecule has 14 heteroatoms. The number of likely N-dealkylation sites (N-methyl/N-ethyl adjacent to an activating group) is 1. The average Bonchev–Trinajstić information content (AvgIpc) is 3.28. The standard InChI is InChI=1S/C22H16ClF3N6O4/c1-10-7-11(17(31-35-3)19(33)27-2)8-12-16(10)29-20(36-21(12)34)14-9-15(22(24,25)26)30-32(14)18-13(23)5-4-6-28-18/h4-9H,1-3H3,(H,27,33)/b31-17-. The molecule has 0 radical (unpaired) electrons. The number of fused-ring (bicyclic) bond motifs is 1. The number of carbonyl (C=O) groups is 1. The third-order valence-corrected chi connectivity index (χ3v) is 5.27. The number of amides is 1. The maximum absolute atomic E-state index is 13.5. The highest BCUT2D eigenvalue weighted by molar-refractivity contribution is 6.45. The molecule has 1 amide bonds. The van der Waals surface area contributed by atoms with E-state index in [4.69, 9.17) is 20.9 Å². The van der Waals surface area contributed by atoms with Crippen molar-refractivity contribution in [1.29, 1.82) is 0 Å². The second-order valence-corrected chi connectivity index (χ2v) is 7.74. The van der Waals surface area contributed by atoms with Crippen molar-refractivity contribution < 1.29 is 27.2 Å². The minimum Gasteiger partial charge on any atom is -0.401 e.